The molecule has 0 saturated carbocycles. The van der Waals surface area contributed by atoms with Crippen LogP contribution in [-0.2, 0) is 0 Å². The zero-order valence-corrected chi connectivity index (χ0v) is 9.85. The van der Waals surface area contributed by atoms with Crippen LogP contribution in [0, 0.1) is 0 Å². The summed E-state index contributed by atoms with van der Waals surface area (Å²) in [5.41, 5.74) is 0.285. The SMILES string of the molecule is O=c1cc[nH]cc1-c1nc(C2CCCCN2)no1. The fraction of sp³-hybridized carbons (Fsp3) is 0.417. The second kappa shape index (κ2) is 4.73. The van der Waals surface area contributed by atoms with Gasteiger partial charge in [0.2, 0.25) is 0 Å². The van der Waals surface area contributed by atoms with Crippen LogP contribution in [0.3, 0.4) is 0 Å². The van der Waals surface area contributed by atoms with Crippen LogP contribution in [0.5, 0.6) is 0 Å². The maximum atomic E-state index is 11.6. The molecule has 6 nitrogen and oxygen atoms in total. The molecule has 1 aliphatic rings. The Morgan fingerprint density at radius 3 is 3.11 bits per heavy atom. The van der Waals surface area contributed by atoms with Gasteiger partial charge in [0.15, 0.2) is 11.3 Å². The number of aromatic amines is 1. The van der Waals surface area contributed by atoms with E-state index in [-0.39, 0.29) is 17.4 Å². The topological polar surface area (TPSA) is 83.8 Å². The maximum Gasteiger partial charge on any atom is 0.263 e. The normalized spacial score (nSPS) is 19.9. The summed E-state index contributed by atoms with van der Waals surface area (Å²) in [5.74, 6) is 0.909. The van der Waals surface area contributed by atoms with Crippen molar-refractivity contribution in [2.24, 2.45) is 0 Å². The Kier molecular flexibility index (Phi) is 2.93. The minimum absolute atomic E-state index is 0.124. The standard InChI is InChI=1S/C12H14N4O2/c17-10-4-6-13-7-8(10)12-15-11(16-18-12)9-3-1-2-5-14-9/h4,6-7,9,14H,1-3,5H2,(H,13,17). The zero-order chi connectivity index (χ0) is 12.4. The maximum absolute atomic E-state index is 11.6. The van der Waals surface area contributed by atoms with E-state index in [1.165, 1.54) is 12.5 Å². The molecule has 1 atom stereocenters. The second-order valence-electron chi connectivity index (χ2n) is 4.38. The van der Waals surface area contributed by atoms with Gasteiger partial charge in [-0.05, 0) is 19.4 Å². The van der Waals surface area contributed by atoms with Gasteiger partial charge >= 0.3 is 0 Å². The number of hydrogen-bond donors (Lipinski definition) is 2. The van der Waals surface area contributed by atoms with Crippen LogP contribution < -0.4 is 10.7 Å². The number of nitrogens with one attached hydrogen (secondary N) is 2. The number of nitrogens with zero attached hydrogens (tertiary/aromatic N) is 2. The molecule has 3 rings (SSSR count). The van der Waals surface area contributed by atoms with Gasteiger partial charge in [0.05, 0.1) is 6.04 Å². The van der Waals surface area contributed by atoms with Gasteiger partial charge in [0, 0.05) is 18.5 Å². The summed E-state index contributed by atoms with van der Waals surface area (Å²) >= 11 is 0. The van der Waals surface area contributed by atoms with Crippen molar-refractivity contribution >= 4 is 0 Å². The number of rotatable bonds is 2. The van der Waals surface area contributed by atoms with E-state index in [1.54, 1.807) is 12.4 Å². The van der Waals surface area contributed by atoms with Crippen LogP contribution in [0.2, 0.25) is 0 Å². The summed E-state index contributed by atoms with van der Waals surface area (Å²) in [4.78, 5) is 18.8. The van der Waals surface area contributed by atoms with Gasteiger partial charge in [-0.3, -0.25) is 4.79 Å². The summed E-state index contributed by atoms with van der Waals surface area (Å²) in [5, 5.41) is 7.30. The van der Waals surface area contributed by atoms with Gasteiger partial charge in [0.25, 0.3) is 5.89 Å². The van der Waals surface area contributed by atoms with Crippen LogP contribution in [0.4, 0.5) is 0 Å². The fourth-order valence-corrected chi connectivity index (χ4v) is 2.14. The molecule has 6 heteroatoms. The first kappa shape index (κ1) is 11.2. The molecule has 2 aromatic heterocycles. The molecular formula is C12H14N4O2. The van der Waals surface area contributed by atoms with Crippen molar-refractivity contribution in [3.63, 3.8) is 0 Å². The highest BCUT2D eigenvalue weighted by Gasteiger charge is 2.21. The van der Waals surface area contributed by atoms with Crippen molar-refractivity contribution < 1.29 is 4.52 Å². The van der Waals surface area contributed by atoms with Crippen molar-refractivity contribution in [1.82, 2.24) is 20.4 Å². The Hall–Kier alpha value is -1.95. The first-order valence-corrected chi connectivity index (χ1v) is 6.09. The molecule has 1 aliphatic heterocycles. The number of hydrogen-bond acceptors (Lipinski definition) is 5. The summed E-state index contributed by atoms with van der Waals surface area (Å²) in [6.45, 7) is 0.973. The molecule has 18 heavy (non-hydrogen) atoms. The Labute approximate surface area is 103 Å². The molecule has 0 spiro atoms. The van der Waals surface area contributed by atoms with Gasteiger partial charge < -0.3 is 14.8 Å². The summed E-state index contributed by atoms with van der Waals surface area (Å²) in [6.07, 6.45) is 6.50. The number of piperidine rings is 1. The van der Waals surface area contributed by atoms with Crippen LogP contribution in [0.25, 0.3) is 11.5 Å². The van der Waals surface area contributed by atoms with E-state index < -0.39 is 0 Å². The van der Waals surface area contributed by atoms with Gasteiger partial charge in [0.1, 0.15) is 5.56 Å². The average Bonchev–Trinajstić information content (AvgIpc) is 2.90. The highest BCUT2D eigenvalue weighted by molar-refractivity contribution is 5.50. The van der Waals surface area contributed by atoms with Crippen LogP contribution in [0.1, 0.15) is 31.1 Å². The number of pyridine rings is 1. The average molecular weight is 246 g/mol. The molecule has 0 radical (unpaired) electrons. The highest BCUT2D eigenvalue weighted by Crippen LogP contribution is 2.22. The van der Waals surface area contributed by atoms with Gasteiger partial charge in [-0.1, -0.05) is 11.6 Å². The fourth-order valence-electron chi connectivity index (χ4n) is 2.14. The molecule has 1 unspecified atom stereocenters. The monoisotopic (exact) mass is 246 g/mol. The van der Waals surface area contributed by atoms with Crippen molar-refractivity contribution in [3.8, 4) is 11.5 Å². The minimum Gasteiger partial charge on any atom is -0.367 e. The van der Waals surface area contributed by atoms with Crippen LogP contribution in [-0.4, -0.2) is 21.7 Å². The molecule has 3 heterocycles. The van der Waals surface area contributed by atoms with E-state index in [0.717, 1.165) is 19.4 Å². The molecule has 1 fully saturated rings. The lowest BCUT2D eigenvalue weighted by Gasteiger charge is -2.19. The van der Waals surface area contributed by atoms with Crippen molar-refractivity contribution in [1.29, 1.82) is 0 Å². The lowest BCUT2D eigenvalue weighted by Crippen LogP contribution is -2.27. The molecule has 0 bridgehead atoms. The Morgan fingerprint density at radius 1 is 1.39 bits per heavy atom. The van der Waals surface area contributed by atoms with Gasteiger partial charge in [-0.2, -0.15) is 4.98 Å². The molecular weight excluding hydrogens is 232 g/mol. The predicted octanol–water partition coefficient (Wildman–Crippen LogP) is 1.24. The van der Waals surface area contributed by atoms with Gasteiger partial charge in [-0.25, -0.2) is 0 Å². The van der Waals surface area contributed by atoms with Crippen LogP contribution >= 0.6 is 0 Å². The summed E-state index contributed by atoms with van der Waals surface area (Å²) < 4.78 is 5.16. The van der Waals surface area contributed by atoms with E-state index in [1.807, 2.05) is 0 Å². The lowest BCUT2D eigenvalue weighted by molar-refractivity contribution is 0.367. The highest BCUT2D eigenvalue weighted by atomic mass is 16.5. The molecule has 0 aliphatic carbocycles. The number of H-pyrrole nitrogens is 1. The van der Waals surface area contributed by atoms with E-state index in [0.29, 0.717) is 11.4 Å². The Morgan fingerprint density at radius 2 is 2.33 bits per heavy atom. The molecule has 94 valence electrons. The lowest BCUT2D eigenvalue weighted by atomic mass is 10.0. The predicted molar refractivity (Wildman–Crippen MR) is 64.9 cm³/mol. The molecule has 2 aromatic rings. The molecule has 1 saturated heterocycles. The van der Waals surface area contributed by atoms with Crippen molar-refractivity contribution in [3.05, 3.63) is 34.5 Å². The third kappa shape index (κ3) is 2.06. The zero-order valence-electron chi connectivity index (χ0n) is 9.85. The third-order valence-electron chi connectivity index (χ3n) is 3.12. The number of aromatic nitrogens is 3. The quantitative estimate of drug-likeness (QED) is 0.832. The molecule has 0 amide bonds. The largest absolute Gasteiger partial charge is 0.367 e. The van der Waals surface area contributed by atoms with Crippen molar-refractivity contribution in [2.75, 3.05) is 6.54 Å². The van der Waals surface area contributed by atoms with E-state index in [4.69, 9.17) is 4.52 Å². The Balaban J connectivity index is 1.89. The Bertz CT molecular complexity index is 584. The first-order chi connectivity index (χ1) is 8.84. The van der Waals surface area contributed by atoms with Gasteiger partial charge in [-0.15, -0.1) is 0 Å². The first-order valence-electron chi connectivity index (χ1n) is 6.09. The summed E-state index contributed by atoms with van der Waals surface area (Å²) in [7, 11) is 0. The molecule has 2 N–H and O–H groups in total. The van der Waals surface area contributed by atoms with Crippen molar-refractivity contribution in [2.45, 2.75) is 25.3 Å². The smallest absolute Gasteiger partial charge is 0.263 e. The minimum atomic E-state index is -0.124. The van der Waals surface area contributed by atoms with E-state index in [9.17, 15) is 4.79 Å². The third-order valence-corrected chi connectivity index (χ3v) is 3.12. The molecule has 0 aromatic carbocycles. The summed E-state index contributed by atoms with van der Waals surface area (Å²) in [6, 6.07) is 1.58. The second-order valence-corrected chi connectivity index (χ2v) is 4.38. The van der Waals surface area contributed by atoms with E-state index >= 15 is 0 Å². The van der Waals surface area contributed by atoms with E-state index in [2.05, 4.69) is 20.4 Å². The van der Waals surface area contributed by atoms with Crippen LogP contribution in [0.15, 0.2) is 27.8 Å².